The normalized spacial score (nSPS) is 10.9. The number of hydrogen-bond donors (Lipinski definition) is 1. The fourth-order valence-corrected chi connectivity index (χ4v) is 1.99. The highest BCUT2D eigenvalue weighted by Crippen LogP contribution is 2.12. The average molecular weight is 313 g/mol. The van der Waals surface area contributed by atoms with E-state index in [1.807, 2.05) is 39.8 Å². The Morgan fingerprint density at radius 3 is 2.52 bits per heavy atom. The third kappa shape index (κ3) is 5.25. The number of rotatable bonds is 5. The number of hydrogen-bond acceptors (Lipinski definition) is 5. The molecule has 6 nitrogen and oxygen atoms in total. The second-order valence-electron chi connectivity index (χ2n) is 4.87. The molecule has 23 heavy (non-hydrogen) atoms. The monoisotopic (exact) mass is 313 g/mol. The fraction of sp³-hybridized carbons (Fsp3) is 0.353. The van der Waals surface area contributed by atoms with Crippen molar-refractivity contribution in [1.82, 2.24) is 15.2 Å². The summed E-state index contributed by atoms with van der Waals surface area (Å²) < 4.78 is 0. The second kappa shape index (κ2) is 9.40. The van der Waals surface area contributed by atoms with Crippen molar-refractivity contribution in [3.05, 3.63) is 53.6 Å². The number of aromatic nitrogens is 3. The molecule has 0 saturated carbocycles. The van der Waals surface area contributed by atoms with E-state index < -0.39 is 5.91 Å². The van der Waals surface area contributed by atoms with Crippen LogP contribution in [0.5, 0.6) is 0 Å². The van der Waals surface area contributed by atoms with Gasteiger partial charge in [-0.25, -0.2) is 4.98 Å². The molecule has 0 fully saturated rings. The lowest BCUT2D eigenvalue weighted by Gasteiger charge is -2.10. The highest BCUT2D eigenvalue weighted by Gasteiger charge is 2.12. The first kappa shape index (κ1) is 18.4. The molecular weight excluding hydrogens is 290 g/mol. The largest absolute Gasteiger partial charge is 0.366 e. The molecule has 1 heterocycles. The van der Waals surface area contributed by atoms with Gasteiger partial charge in [0.1, 0.15) is 12.0 Å². The standard InChI is InChI=1S/C15H17N5O.C2H6/c1-10(2)14(13-8-17-9-19-20-13)18-7-11-5-3-4-6-12(11)15(16)21;1-2/h3-6,8-10H,7H2,1-2H3,(H2,16,21);1-2H3. The van der Waals surface area contributed by atoms with Crippen molar-refractivity contribution in [1.29, 1.82) is 0 Å². The SMILES string of the molecule is CC.CC(C)C(=NCc1ccccc1C(N)=O)c1cncnn1. The maximum Gasteiger partial charge on any atom is 0.249 e. The van der Waals surface area contributed by atoms with Crippen molar-refractivity contribution in [2.45, 2.75) is 34.2 Å². The minimum atomic E-state index is -0.451. The number of benzene rings is 1. The molecular formula is C17H23N5O. The van der Waals surface area contributed by atoms with Crippen molar-refractivity contribution in [3.8, 4) is 0 Å². The molecule has 0 spiro atoms. The minimum absolute atomic E-state index is 0.171. The molecule has 1 amide bonds. The number of amides is 1. The van der Waals surface area contributed by atoms with Crippen LogP contribution in [0.15, 0.2) is 41.8 Å². The van der Waals surface area contributed by atoms with Gasteiger partial charge in [-0.1, -0.05) is 45.9 Å². The van der Waals surface area contributed by atoms with Gasteiger partial charge in [0.15, 0.2) is 0 Å². The van der Waals surface area contributed by atoms with Crippen molar-refractivity contribution in [2.75, 3.05) is 0 Å². The molecule has 0 aliphatic carbocycles. The Kier molecular flexibility index (Phi) is 7.53. The smallest absolute Gasteiger partial charge is 0.249 e. The molecule has 0 unspecified atom stereocenters. The lowest BCUT2D eigenvalue weighted by Crippen LogP contribution is -2.15. The molecule has 2 rings (SSSR count). The Morgan fingerprint density at radius 1 is 1.26 bits per heavy atom. The van der Waals surface area contributed by atoms with E-state index in [1.165, 1.54) is 6.33 Å². The topological polar surface area (TPSA) is 94.1 Å². The van der Waals surface area contributed by atoms with Crippen LogP contribution in [-0.4, -0.2) is 26.8 Å². The molecule has 0 saturated heterocycles. The van der Waals surface area contributed by atoms with E-state index in [2.05, 4.69) is 20.2 Å². The maximum atomic E-state index is 11.4. The van der Waals surface area contributed by atoms with E-state index in [9.17, 15) is 4.79 Å². The summed E-state index contributed by atoms with van der Waals surface area (Å²) in [6.07, 6.45) is 3.01. The predicted octanol–water partition coefficient (Wildman–Crippen LogP) is 2.64. The summed E-state index contributed by atoms with van der Waals surface area (Å²) in [7, 11) is 0. The number of carbonyl (C=O) groups is 1. The van der Waals surface area contributed by atoms with E-state index in [4.69, 9.17) is 5.73 Å². The predicted molar refractivity (Wildman–Crippen MR) is 91.2 cm³/mol. The Labute approximate surface area is 136 Å². The maximum absolute atomic E-state index is 11.4. The zero-order valence-electron chi connectivity index (χ0n) is 14.0. The number of nitrogens with two attached hydrogens (primary N) is 1. The van der Waals surface area contributed by atoms with Crippen LogP contribution in [-0.2, 0) is 6.54 Å². The van der Waals surface area contributed by atoms with Crippen LogP contribution < -0.4 is 5.73 Å². The van der Waals surface area contributed by atoms with Gasteiger partial charge in [-0.15, -0.1) is 10.2 Å². The van der Waals surface area contributed by atoms with E-state index in [0.29, 0.717) is 17.8 Å². The summed E-state index contributed by atoms with van der Waals surface area (Å²) in [5, 5.41) is 7.81. The summed E-state index contributed by atoms with van der Waals surface area (Å²) in [4.78, 5) is 19.9. The van der Waals surface area contributed by atoms with Gasteiger partial charge in [-0.3, -0.25) is 9.79 Å². The third-order valence-corrected chi connectivity index (χ3v) is 2.99. The van der Waals surface area contributed by atoms with Crippen LogP contribution in [0.2, 0.25) is 0 Å². The molecule has 0 aliphatic heterocycles. The molecule has 0 atom stereocenters. The molecule has 2 N–H and O–H groups in total. The van der Waals surface area contributed by atoms with Gasteiger partial charge in [0.25, 0.3) is 0 Å². The van der Waals surface area contributed by atoms with Gasteiger partial charge >= 0.3 is 0 Å². The summed E-state index contributed by atoms with van der Waals surface area (Å²) >= 11 is 0. The Morgan fingerprint density at radius 2 is 1.96 bits per heavy atom. The fourth-order valence-electron chi connectivity index (χ4n) is 1.99. The van der Waals surface area contributed by atoms with E-state index in [0.717, 1.165) is 11.3 Å². The van der Waals surface area contributed by atoms with Crippen LogP contribution >= 0.6 is 0 Å². The zero-order chi connectivity index (χ0) is 17.2. The number of nitrogens with zero attached hydrogens (tertiary/aromatic N) is 4. The van der Waals surface area contributed by atoms with Gasteiger partial charge in [0, 0.05) is 5.56 Å². The van der Waals surface area contributed by atoms with Crippen LogP contribution in [0.3, 0.4) is 0 Å². The summed E-state index contributed by atoms with van der Waals surface area (Å²) in [5.41, 5.74) is 8.09. The van der Waals surface area contributed by atoms with Crippen LogP contribution in [0.4, 0.5) is 0 Å². The van der Waals surface area contributed by atoms with Crippen molar-refractivity contribution < 1.29 is 4.79 Å². The highest BCUT2D eigenvalue weighted by atomic mass is 16.1. The van der Waals surface area contributed by atoms with Crippen molar-refractivity contribution >= 4 is 11.6 Å². The third-order valence-electron chi connectivity index (χ3n) is 2.99. The first-order valence-corrected chi connectivity index (χ1v) is 7.64. The van der Waals surface area contributed by atoms with Gasteiger partial charge < -0.3 is 5.73 Å². The van der Waals surface area contributed by atoms with E-state index in [1.54, 1.807) is 18.3 Å². The molecule has 1 aromatic carbocycles. The number of primary amides is 1. The summed E-state index contributed by atoms with van der Waals surface area (Å²) in [6.45, 7) is 8.41. The first-order valence-electron chi connectivity index (χ1n) is 7.64. The number of carbonyl (C=O) groups excluding carboxylic acids is 1. The molecule has 0 bridgehead atoms. The Bertz CT molecular complexity index is 653. The minimum Gasteiger partial charge on any atom is -0.366 e. The molecule has 1 aromatic heterocycles. The molecule has 6 heteroatoms. The quantitative estimate of drug-likeness (QED) is 0.858. The molecule has 2 aromatic rings. The zero-order valence-corrected chi connectivity index (χ0v) is 14.0. The van der Waals surface area contributed by atoms with Crippen LogP contribution in [0.1, 0.15) is 49.3 Å². The van der Waals surface area contributed by atoms with Gasteiger partial charge in [-0.2, -0.15) is 0 Å². The molecule has 122 valence electrons. The molecule has 0 radical (unpaired) electrons. The van der Waals surface area contributed by atoms with E-state index >= 15 is 0 Å². The van der Waals surface area contributed by atoms with Gasteiger partial charge in [-0.05, 0) is 17.5 Å². The van der Waals surface area contributed by atoms with Gasteiger partial charge in [0.2, 0.25) is 5.91 Å². The Balaban J connectivity index is 0.00000127. The number of aliphatic imine (C=N–C) groups is 1. The lowest BCUT2D eigenvalue weighted by atomic mass is 10.0. The summed E-state index contributed by atoms with van der Waals surface area (Å²) in [5.74, 6) is -0.280. The Hall–Kier alpha value is -2.63. The van der Waals surface area contributed by atoms with Crippen LogP contribution in [0.25, 0.3) is 0 Å². The van der Waals surface area contributed by atoms with Crippen molar-refractivity contribution in [3.63, 3.8) is 0 Å². The van der Waals surface area contributed by atoms with Crippen LogP contribution in [0, 0.1) is 5.92 Å². The average Bonchev–Trinajstić information content (AvgIpc) is 2.58. The molecule has 0 aliphatic rings. The first-order chi connectivity index (χ1) is 11.1. The lowest BCUT2D eigenvalue weighted by molar-refractivity contribution is 0.0999. The second-order valence-corrected chi connectivity index (χ2v) is 4.87. The summed E-state index contributed by atoms with van der Waals surface area (Å²) in [6, 6.07) is 7.18. The van der Waals surface area contributed by atoms with Crippen molar-refractivity contribution in [2.24, 2.45) is 16.6 Å². The van der Waals surface area contributed by atoms with E-state index in [-0.39, 0.29) is 5.92 Å². The van der Waals surface area contributed by atoms with Gasteiger partial charge in [0.05, 0.1) is 18.5 Å². The highest BCUT2D eigenvalue weighted by molar-refractivity contribution is 6.00.